The first-order chi connectivity index (χ1) is 4.56. The summed E-state index contributed by atoms with van der Waals surface area (Å²) in [7, 11) is 0. The van der Waals surface area contributed by atoms with E-state index in [4.69, 9.17) is 0 Å². The Morgan fingerprint density at radius 3 is 2.10 bits per heavy atom. The molecule has 0 rings (SSSR count). The fourth-order valence-electron chi connectivity index (χ4n) is 0.466. The molecular formula is C9H15O. The van der Waals surface area contributed by atoms with Gasteiger partial charge in [-0.25, -0.2) is 0 Å². The van der Waals surface area contributed by atoms with Crippen molar-refractivity contribution in [2.75, 3.05) is 0 Å². The van der Waals surface area contributed by atoms with E-state index in [1.54, 1.807) is 19.9 Å². The number of hydrogen-bond acceptors (Lipinski definition) is 1. The Balaban J connectivity index is 3.66. The highest BCUT2D eigenvalue weighted by Crippen LogP contribution is 2.01. The molecule has 0 heterocycles. The van der Waals surface area contributed by atoms with Crippen molar-refractivity contribution < 1.29 is 5.11 Å². The largest absolute Gasteiger partial charge is 0.386 e. The molecule has 1 nitrogen and oxygen atoms in total. The fourth-order valence-corrected chi connectivity index (χ4v) is 0.466. The van der Waals surface area contributed by atoms with Crippen LogP contribution in [0.15, 0.2) is 24.3 Å². The molecule has 1 N–H and O–H groups in total. The van der Waals surface area contributed by atoms with Crippen LogP contribution >= 0.6 is 0 Å². The third kappa shape index (κ3) is 7.44. The molecule has 10 heavy (non-hydrogen) atoms. The number of hydrogen-bond donors (Lipinski definition) is 1. The summed E-state index contributed by atoms with van der Waals surface area (Å²) in [6.07, 6.45) is 9.32. The highest BCUT2D eigenvalue weighted by atomic mass is 16.3. The SMILES string of the molecule is C[CH]C=CC=CC(C)(C)O. The van der Waals surface area contributed by atoms with Gasteiger partial charge in [0.25, 0.3) is 0 Å². The first-order valence-electron chi connectivity index (χ1n) is 3.42. The molecule has 1 heteroatoms. The van der Waals surface area contributed by atoms with E-state index in [0.29, 0.717) is 0 Å². The Morgan fingerprint density at radius 1 is 1.10 bits per heavy atom. The van der Waals surface area contributed by atoms with Gasteiger partial charge in [-0.1, -0.05) is 31.2 Å². The minimum Gasteiger partial charge on any atom is -0.386 e. The van der Waals surface area contributed by atoms with Crippen LogP contribution in [0, 0.1) is 6.42 Å². The standard InChI is InChI=1S/C9H15O/c1-4-5-6-7-8-9(2,3)10/h4-8,10H,1-3H3. The van der Waals surface area contributed by atoms with Crippen molar-refractivity contribution in [3.63, 3.8) is 0 Å². The van der Waals surface area contributed by atoms with Crippen LogP contribution < -0.4 is 0 Å². The molecule has 1 radical (unpaired) electrons. The summed E-state index contributed by atoms with van der Waals surface area (Å²) in [5.74, 6) is 0. The number of rotatable bonds is 3. The Hall–Kier alpha value is -0.560. The summed E-state index contributed by atoms with van der Waals surface area (Å²) in [4.78, 5) is 0. The van der Waals surface area contributed by atoms with Crippen molar-refractivity contribution in [2.45, 2.75) is 26.4 Å². The Bertz CT molecular complexity index is 126. The molecule has 0 amide bonds. The summed E-state index contributed by atoms with van der Waals surface area (Å²) in [6.45, 7) is 5.44. The van der Waals surface area contributed by atoms with Gasteiger partial charge in [0.05, 0.1) is 5.60 Å². The molecule has 0 aromatic rings. The molecular weight excluding hydrogens is 124 g/mol. The van der Waals surface area contributed by atoms with Gasteiger partial charge in [0.1, 0.15) is 0 Å². The second kappa shape index (κ2) is 4.29. The maximum atomic E-state index is 9.19. The van der Waals surface area contributed by atoms with Gasteiger partial charge in [-0.15, -0.1) is 0 Å². The van der Waals surface area contributed by atoms with Gasteiger partial charge in [-0.3, -0.25) is 0 Å². The lowest BCUT2D eigenvalue weighted by Gasteiger charge is -2.08. The van der Waals surface area contributed by atoms with Crippen molar-refractivity contribution in [1.29, 1.82) is 0 Å². The molecule has 0 aliphatic heterocycles. The quantitative estimate of drug-likeness (QED) is 0.594. The minimum atomic E-state index is -0.696. The second-order valence-electron chi connectivity index (χ2n) is 2.73. The highest BCUT2D eigenvalue weighted by Gasteiger charge is 2.03. The topological polar surface area (TPSA) is 20.2 Å². The first-order valence-corrected chi connectivity index (χ1v) is 3.42. The molecule has 57 valence electrons. The average molecular weight is 139 g/mol. The van der Waals surface area contributed by atoms with Crippen LogP contribution in [0.5, 0.6) is 0 Å². The van der Waals surface area contributed by atoms with E-state index in [1.165, 1.54) is 0 Å². The molecule has 0 fully saturated rings. The summed E-state index contributed by atoms with van der Waals surface area (Å²) in [5, 5.41) is 9.19. The van der Waals surface area contributed by atoms with E-state index < -0.39 is 5.60 Å². The Morgan fingerprint density at radius 2 is 1.70 bits per heavy atom. The molecule has 0 saturated carbocycles. The van der Waals surface area contributed by atoms with Gasteiger partial charge < -0.3 is 5.11 Å². The third-order valence-corrected chi connectivity index (χ3v) is 0.919. The van der Waals surface area contributed by atoms with Gasteiger partial charge in [-0.05, 0) is 20.3 Å². The van der Waals surface area contributed by atoms with Crippen LogP contribution in [0.3, 0.4) is 0 Å². The lowest BCUT2D eigenvalue weighted by atomic mass is 10.1. The average Bonchev–Trinajstić information content (AvgIpc) is 1.78. The first kappa shape index (κ1) is 9.44. The second-order valence-corrected chi connectivity index (χ2v) is 2.73. The molecule has 0 spiro atoms. The van der Waals surface area contributed by atoms with E-state index in [2.05, 4.69) is 0 Å². The smallest absolute Gasteiger partial charge is 0.0774 e. The Kier molecular flexibility index (Phi) is 4.05. The van der Waals surface area contributed by atoms with Crippen LogP contribution in [0.4, 0.5) is 0 Å². The van der Waals surface area contributed by atoms with Crippen LogP contribution in [-0.2, 0) is 0 Å². The van der Waals surface area contributed by atoms with Gasteiger partial charge >= 0.3 is 0 Å². The summed E-state index contributed by atoms with van der Waals surface area (Å²) in [5.41, 5.74) is -0.696. The molecule has 0 aliphatic carbocycles. The van der Waals surface area contributed by atoms with E-state index in [-0.39, 0.29) is 0 Å². The zero-order valence-electron chi connectivity index (χ0n) is 6.83. The maximum Gasteiger partial charge on any atom is 0.0774 e. The van der Waals surface area contributed by atoms with Crippen molar-refractivity contribution in [3.05, 3.63) is 30.7 Å². The molecule has 0 aliphatic rings. The van der Waals surface area contributed by atoms with Crippen molar-refractivity contribution in [3.8, 4) is 0 Å². The molecule has 0 bridgehead atoms. The van der Waals surface area contributed by atoms with Crippen LogP contribution in [0.2, 0.25) is 0 Å². The number of allylic oxidation sites excluding steroid dienone is 3. The normalized spacial score (nSPS) is 13.6. The fraction of sp³-hybridized carbons (Fsp3) is 0.444. The lowest BCUT2D eigenvalue weighted by molar-refractivity contribution is 0.133. The van der Waals surface area contributed by atoms with Crippen molar-refractivity contribution in [2.24, 2.45) is 0 Å². The summed E-state index contributed by atoms with van der Waals surface area (Å²) in [6, 6.07) is 0. The monoisotopic (exact) mass is 139 g/mol. The number of aliphatic hydroxyl groups is 1. The van der Waals surface area contributed by atoms with E-state index >= 15 is 0 Å². The molecule has 0 unspecified atom stereocenters. The molecule has 0 atom stereocenters. The maximum absolute atomic E-state index is 9.19. The predicted molar refractivity (Wildman–Crippen MR) is 44.6 cm³/mol. The molecule has 0 aromatic heterocycles. The summed E-state index contributed by atoms with van der Waals surface area (Å²) < 4.78 is 0. The zero-order valence-corrected chi connectivity index (χ0v) is 6.83. The van der Waals surface area contributed by atoms with Gasteiger partial charge in [0, 0.05) is 0 Å². The van der Waals surface area contributed by atoms with Gasteiger partial charge in [0.15, 0.2) is 0 Å². The third-order valence-electron chi connectivity index (χ3n) is 0.919. The molecule has 0 saturated heterocycles. The zero-order chi connectivity index (χ0) is 8.04. The predicted octanol–water partition coefficient (Wildman–Crippen LogP) is 2.09. The van der Waals surface area contributed by atoms with E-state index in [0.717, 1.165) is 0 Å². The Labute approximate surface area is 63.1 Å². The van der Waals surface area contributed by atoms with Crippen molar-refractivity contribution in [1.82, 2.24) is 0 Å². The van der Waals surface area contributed by atoms with Crippen LogP contribution in [0.1, 0.15) is 20.8 Å². The molecule has 0 aromatic carbocycles. The van der Waals surface area contributed by atoms with E-state index in [1.807, 2.05) is 31.6 Å². The minimum absolute atomic E-state index is 0.696. The lowest BCUT2D eigenvalue weighted by Crippen LogP contribution is -2.13. The van der Waals surface area contributed by atoms with Gasteiger partial charge in [0.2, 0.25) is 0 Å². The summed E-state index contributed by atoms with van der Waals surface area (Å²) >= 11 is 0. The van der Waals surface area contributed by atoms with E-state index in [9.17, 15) is 5.11 Å². The van der Waals surface area contributed by atoms with Crippen LogP contribution in [0.25, 0.3) is 0 Å². The van der Waals surface area contributed by atoms with Crippen LogP contribution in [-0.4, -0.2) is 10.7 Å². The van der Waals surface area contributed by atoms with Crippen molar-refractivity contribution >= 4 is 0 Å². The highest BCUT2D eigenvalue weighted by molar-refractivity contribution is 5.10. The van der Waals surface area contributed by atoms with Gasteiger partial charge in [-0.2, -0.15) is 0 Å².